The van der Waals surface area contributed by atoms with Crippen LogP contribution in [0, 0.1) is 0 Å². The molecular weight excluding hydrogens is 334 g/mol. The average Bonchev–Trinajstić information content (AvgIpc) is 2.42. The van der Waals surface area contributed by atoms with Crippen LogP contribution in [0.15, 0.2) is 27.6 Å². The number of rotatable bonds is 4. The number of hydrogen-bond donors (Lipinski definition) is 0. The SMILES string of the molecule is CCOc1ccc(Br)cc1S(=O)(=O)N1CCOCC1. The van der Waals surface area contributed by atoms with E-state index in [2.05, 4.69) is 15.9 Å². The molecule has 5 nitrogen and oxygen atoms in total. The lowest BCUT2D eigenvalue weighted by molar-refractivity contribution is 0.0729. The van der Waals surface area contributed by atoms with Gasteiger partial charge in [0.25, 0.3) is 0 Å². The molecule has 106 valence electrons. The van der Waals surface area contributed by atoms with E-state index in [1.807, 2.05) is 6.92 Å². The molecule has 19 heavy (non-hydrogen) atoms. The molecule has 0 spiro atoms. The molecule has 0 bridgehead atoms. The van der Waals surface area contributed by atoms with Gasteiger partial charge in [-0.2, -0.15) is 4.31 Å². The number of hydrogen-bond acceptors (Lipinski definition) is 4. The minimum atomic E-state index is -3.54. The van der Waals surface area contributed by atoms with Gasteiger partial charge < -0.3 is 9.47 Å². The van der Waals surface area contributed by atoms with Crippen LogP contribution in [-0.4, -0.2) is 45.6 Å². The van der Waals surface area contributed by atoms with Crippen LogP contribution < -0.4 is 4.74 Å². The zero-order chi connectivity index (χ0) is 13.9. The van der Waals surface area contributed by atoms with E-state index in [9.17, 15) is 8.42 Å². The molecule has 0 unspecified atom stereocenters. The van der Waals surface area contributed by atoms with Crippen LogP contribution in [0.25, 0.3) is 0 Å². The summed E-state index contributed by atoms with van der Waals surface area (Å²) in [5.41, 5.74) is 0. The molecule has 1 heterocycles. The number of sulfonamides is 1. The van der Waals surface area contributed by atoms with Crippen LogP contribution in [-0.2, 0) is 14.8 Å². The molecule has 0 amide bonds. The predicted molar refractivity (Wildman–Crippen MR) is 74.9 cm³/mol. The third-order valence-electron chi connectivity index (χ3n) is 2.79. The van der Waals surface area contributed by atoms with Crippen LogP contribution in [0.2, 0.25) is 0 Å². The highest BCUT2D eigenvalue weighted by Gasteiger charge is 2.29. The Morgan fingerprint density at radius 2 is 2.05 bits per heavy atom. The first-order valence-electron chi connectivity index (χ1n) is 6.06. The van der Waals surface area contributed by atoms with Crippen molar-refractivity contribution in [3.8, 4) is 5.75 Å². The molecule has 7 heteroatoms. The van der Waals surface area contributed by atoms with Crippen molar-refractivity contribution >= 4 is 26.0 Å². The zero-order valence-corrected chi connectivity index (χ0v) is 13.0. The van der Waals surface area contributed by atoms with Crippen molar-refractivity contribution in [1.82, 2.24) is 4.31 Å². The Morgan fingerprint density at radius 3 is 2.68 bits per heavy atom. The number of nitrogens with zero attached hydrogens (tertiary/aromatic N) is 1. The summed E-state index contributed by atoms with van der Waals surface area (Å²) in [4.78, 5) is 0.200. The van der Waals surface area contributed by atoms with Crippen molar-refractivity contribution in [3.05, 3.63) is 22.7 Å². The summed E-state index contributed by atoms with van der Waals surface area (Å²) in [6, 6.07) is 5.01. The Labute approximate surface area is 121 Å². The first kappa shape index (κ1) is 14.8. The van der Waals surface area contributed by atoms with Crippen LogP contribution in [0.4, 0.5) is 0 Å². The summed E-state index contributed by atoms with van der Waals surface area (Å²) < 4.78 is 37.9. The van der Waals surface area contributed by atoms with Gasteiger partial charge in [-0.25, -0.2) is 8.42 Å². The maximum Gasteiger partial charge on any atom is 0.246 e. The first-order valence-corrected chi connectivity index (χ1v) is 8.29. The summed E-state index contributed by atoms with van der Waals surface area (Å²) in [5.74, 6) is 0.386. The van der Waals surface area contributed by atoms with E-state index in [0.29, 0.717) is 43.1 Å². The molecule has 0 atom stereocenters. The topological polar surface area (TPSA) is 55.8 Å². The highest BCUT2D eigenvalue weighted by atomic mass is 79.9. The molecule has 1 fully saturated rings. The van der Waals surface area contributed by atoms with E-state index in [0.717, 1.165) is 0 Å². The van der Waals surface area contributed by atoms with Gasteiger partial charge in [0.15, 0.2) is 0 Å². The van der Waals surface area contributed by atoms with Crippen LogP contribution in [0.5, 0.6) is 5.75 Å². The van der Waals surface area contributed by atoms with E-state index in [-0.39, 0.29) is 4.90 Å². The molecule has 0 saturated carbocycles. The van der Waals surface area contributed by atoms with Crippen molar-refractivity contribution in [1.29, 1.82) is 0 Å². The fourth-order valence-electron chi connectivity index (χ4n) is 1.88. The maximum atomic E-state index is 12.6. The second kappa shape index (κ2) is 6.21. The summed E-state index contributed by atoms with van der Waals surface area (Å²) >= 11 is 3.30. The van der Waals surface area contributed by atoms with Crippen molar-refractivity contribution in [3.63, 3.8) is 0 Å². The molecule has 1 aromatic carbocycles. The van der Waals surface area contributed by atoms with E-state index in [1.54, 1.807) is 18.2 Å². The molecule has 1 aliphatic heterocycles. The fraction of sp³-hybridized carbons (Fsp3) is 0.500. The lowest BCUT2D eigenvalue weighted by atomic mass is 10.3. The molecule has 1 aliphatic rings. The normalized spacial score (nSPS) is 17.4. The van der Waals surface area contributed by atoms with Crippen LogP contribution in [0.1, 0.15) is 6.92 Å². The highest BCUT2D eigenvalue weighted by Crippen LogP contribution is 2.30. The van der Waals surface area contributed by atoms with E-state index in [1.165, 1.54) is 4.31 Å². The summed E-state index contributed by atoms with van der Waals surface area (Å²) in [6.07, 6.45) is 0. The lowest BCUT2D eigenvalue weighted by Gasteiger charge is -2.26. The molecule has 0 N–H and O–H groups in total. The Balaban J connectivity index is 2.40. The minimum absolute atomic E-state index is 0.200. The minimum Gasteiger partial charge on any atom is -0.492 e. The Kier molecular flexibility index (Phi) is 4.83. The van der Waals surface area contributed by atoms with Gasteiger partial charge in [-0.15, -0.1) is 0 Å². The van der Waals surface area contributed by atoms with E-state index in [4.69, 9.17) is 9.47 Å². The number of benzene rings is 1. The van der Waals surface area contributed by atoms with Crippen molar-refractivity contribution in [2.24, 2.45) is 0 Å². The van der Waals surface area contributed by atoms with Gasteiger partial charge in [0.2, 0.25) is 10.0 Å². The highest BCUT2D eigenvalue weighted by molar-refractivity contribution is 9.10. The monoisotopic (exact) mass is 349 g/mol. The summed E-state index contributed by atoms with van der Waals surface area (Å²) in [7, 11) is -3.54. The predicted octanol–water partition coefficient (Wildman–Crippen LogP) is 1.87. The van der Waals surface area contributed by atoms with Gasteiger partial charge >= 0.3 is 0 Å². The van der Waals surface area contributed by atoms with Gasteiger partial charge in [0, 0.05) is 17.6 Å². The fourth-order valence-corrected chi connectivity index (χ4v) is 3.96. The Hall–Kier alpha value is -0.630. The van der Waals surface area contributed by atoms with Crippen molar-refractivity contribution in [2.75, 3.05) is 32.9 Å². The Bertz CT molecular complexity index is 541. The smallest absolute Gasteiger partial charge is 0.246 e. The standard InChI is InChI=1S/C12H16BrNO4S/c1-2-18-11-4-3-10(13)9-12(11)19(15,16)14-5-7-17-8-6-14/h3-4,9H,2,5-8H2,1H3. The van der Waals surface area contributed by atoms with E-state index < -0.39 is 10.0 Å². The van der Waals surface area contributed by atoms with Crippen LogP contribution in [0.3, 0.4) is 0 Å². The summed E-state index contributed by atoms with van der Waals surface area (Å²) in [5, 5.41) is 0. The summed E-state index contributed by atoms with van der Waals surface area (Å²) in [6.45, 7) is 3.86. The van der Waals surface area contributed by atoms with Crippen LogP contribution >= 0.6 is 15.9 Å². The largest absolute Gasteiger partial charge is 0.492 e. The third kappa shape index (κ3) is 3.28. The van der Waals surface area contributed by atoms with Gasteiger partial charge in [0.1, 0.15) is 10.6 Å². The quantitative estimate of drug-likeness (QED) is 0.832. The second-order valence-corrected chi connectivity index (χ2v) is 6.86. The lowest BCUT2D eigenvalue weighted by Crippen LogP contribution is -2.40. The molecule has 0 aliphatic carbocycles. The molecule has 1 aromatic rings. The first-order chi connectivity index (χ1) is 9.05. The van der Waals surface area contributed by atoms with Crippen molar-refractivity contribution in [2.45, 2.75) is 11.8 Å². The van der Waals surface area contributed by atoms with Crippen molar-refractivity contribution < 1.29 is 17.9 Å². The van der Waals surface area contributed by atoms with Gasteiger partial charge in [-0.1, -0.05) is 15.9 Å². The zero-order valence-electron chi connectivity index (χ0n) is 10.6. The van der Waals surface area contributed by atoms with Gasteiger partial charge in [-0.3, -0.25) is 0 Å². The molecule has 2 rings (SSSR count). The van der Waals surface area contributed by atoms with Gasteiger partial charge in [-0.05, 0) is 25.1 Å². The number of morpholine rings is 1. The van der Waals surface area contributed by atoms with E-state index >= 15 is 0 Å². The maximum absolute atomic E-state index is 12.6. The average molecular weight is 350 g/mol. The molecule has 1 saturated heterocycles. The second-order valence-electron chi connectivity index (χ2n) is 4.04. The van der Waals surface area contributed by atoms with Gasteiger partial charge in [0.05, 0.1) is 19.8 Å². The number of ether oxygens (including phenoxy) is 2. The molecule has 0 aromatic heterocycles. The third-order valence-corrected chi connectivity index (χ3v) is 5.21. The molecule has 0 radical (unpaired) electrons. The number of halogens is 1. The molecular formula is C12H16BrNO4S. The Morgan fingerprint density at radius 1 is 1.37 bits per heavy atom.